The summed E-state index contributed by atoms with van der Waals surface area (Å²) in [6, 6.07) is 19.3. The van der Waals surface area contributed by atoms with Crippen molar-refractivity contribution in [1.29, 1.82) is 0 Å². The molecule has 0 N–H and O–H groups in total. The molecule has 3 aromatic carbocycles. The van der Waals surface area contributed by atoms with Crippen LogP contribution in [0.25, 0.3) is 0 Å². The average molecular weight is 572 g/mol. The summed E-state index contributed by atoms with van der Waals surface area (Å²) in [6.07, 6.45) is 2.57. The molecule has 206 valence electrons. The molecular weight excluding hydrogens is 538 g/mol. The van der Waals surface area contributed by atoms with Crippen molar-refractivity contribution in [2.24, 2.45) is 5.92 Å². The molecule has 3 aromatic rings. The van der Waals surface area contributed by atoms with Crippen molar-refractivity contribution in [3.05, 3.63) is 94.5 Å². The summed E-state index contributed by atoms with van der Waals surface area (Å²) in [6.45, 7) is 6.18. The van der Waals surface area contributed by atoms with Gasteiger partial charge in [0.25, 0.3) is 0 Å². The number of hydrogen-bond acceptors (Lipinski definition) is 3. The van der Waals surface area contributed by atoms with E-state index in [-0.39, 0.29) is 12.6 Å². The SMILES string of the molecule is Cc1cccc(N(Cc2ccc(F)c(F)c2)C(=O)O[C@H]2C[N+]3(CCCSc4cccc(Cl)c4)CCC2CC3)c1. The Kier molecular flexibility index (Phi) is 8.79. The first-order valence-corrected chi connectivity index (χ1v) is 14.9. The smallest absolute Gasteiger partial charge is 0.415 e. The van der Waals surface area contributed by atoms with Crippen LogP contribution in [0.4, 0.5) is 19.3 Å². The summed E-state index contributed by atoms with van der Waals surface area (Å²) in [5.74, 6) is -0.459. The maximum absolute atomic E-state index is 13.9. The van der Waals surface area contributed by atoms with E-state index < -0.39 is 17.7 Å². The first-order valence-electron chi connectivity index (χ1n) is 13.5. The summed E-state index contributed by atoms with van der Waals surface area (Å²) < 4.78 is 34.7. The molecule has 3 fully saturated rings. The van der Waals surface area contributed by atoms with Crippen molar-refractivity contribution >= 4 is 35.1 Å². The van der Waals surface area contributed by atoms with Crippen LogP contribution in [0.2, 0.25) is 5.02 Å². The summed E-state index contributed by atoms with van der Waals surface area (Å²) >= 11 is 7.95. The Morgan fingerprint density at radius 3 is 2.59 bits per heavy atom. The lowest BCUT2D eigenvalue weighted by Crippen LogP contribution is -2.65. The van der Waals surface area contributed by atoms with Crippen LogP contribution in [0.1, 0.15) is 30.4 Å². The lowest BCUT2D eigenvalue weighted by molar-refractivity contribution is -0.946. The van der Waals surface area contributed by atoms with Crippen LogP contribution in [0.15, 0.2) is 71.6 Å². The molecule has 0 radical (unpaired) electrons. The number of fused-ring (bicyclic) bond motifs is 3. The summed E-state index contributed by atoms with van der Waals surface area (Å²) in [5, 5.41) is 0.758. The lowest BCUT2D eigenvalue weighted by Gasteiger charge is -2.52. The normalized spacial score (nSPS) is 22.1. The summed E-state index contributed by atoms with van der Waals surface area (Å²) in [7, 11) is 0. The van der Waals surface area contributed by atoms with Gasteiger partial charge >= 0.3 is 6.09 Å². The van der Waals surface area contributed by atoms with Gasteiger partial charge in [-0.05, 0) is 60.5 Å². The van der Waals surface area contributed by atoms with Crippen molar-refractivity contribution in [3.63, 3.8) is 0 Å². The zero-order valence-electron chi connectivity index (χ0n) is 22.1. The van der Waals surface area contributed by atoms with Crippen molar-refractivity contribution in [2.45, 2.75) is 43.7 Å². The van der Waals surface area contributed by atoms with E-state index in [4.69, 9.17) is 16.3 Å². The highest BCUT2D eigenvalue weighted by Gasteiger charge is 2.47. The van der Waals surface area contributed by atoms with Crippen LogP contribution in [-0.2, 0) is 11.3 Å². The Morgan fingerprint density at radius 1 is 1.05 bits per heavy atom. The Bertz CT molecular complexity index is 1320. The number of amides is 1. The predicted octanol–water partition coefficient (Wildman–Crippen LogP) is 7.86. The minimum atomic E-state index is -0.928. The highest BCUT2D eigenvalue weighted by atomic mass is 35.5. The maximum Gasteiger partial charge on any atom is 0.415 e. The number of carbonyl (C=O) groups is 1. The third-order valence-corrected chi connectivity index (χ3v) is 9.31. The quantitative estimate of drug-likeness (QED) is 0.149. The van der Waals surface area contributed by atoms with Gasteiger partial charge in [-0.15, -0.1) is 11.8 Å². The van der Waals surface area contributed by atoms with E-state index in [1.807, 2.05) is 61.2 Å². The second-order valence-electron chi connectivity index (χ2n) is 10.8. The molecule has 3 saturated heterocycles. The van der Waals surface area contributed by atoms with Gasteiger partial charge < -0.3 is 9.22 Å². The molecule has 0 unspecified atom stereocenters. The predicted molar refractivity (Wildman–Crippen MR) is 153 cm³/mol. The standard InChI is InChI=1S/C31H34ClF2N2O2S/c1-22-5-2-7-26(17-22)35(20-23-9-10-28(33)29(34)18-23)31(37)38-30-21-36(14-11-24(30)12-15-36)13-4-16-39-27-8-3-6-25(32)19-27/h2-3,5-10,17-19,24,30H,4,11-16,20-21H2,1H3/q+1/t24?,30-,36?/m0/s1. The van der Waals surface area contributed by atoms with Gasteiger partial charge in [-0.25, -0.2) is 13.6 Å². The largest absolute Gasteiger partial charge is 0.440 e. The molecule has 3 aliphatic rings. The first kappa shape index (κ1) is 27.9. The van der Waals surface area contributed by atoms with E-state index in [1.165, 1.54) is 15.9 Å². The fraction of sp³-hybridized carbons (Fsp3) is 0.387. The van der Waals surface area contributed by atoms with E-state index in [9.17, 15) is 13.6 Å². The van der Waals surface area contributed by atoms with Crippen LogP contribution >= 0.6 is 23.4 Å². The highest BCUT2D eigenvalue weighted by Crippen LogP contribution is 2.37. The van der Waals surface area contributed by atoms with Crippen molar-refractivity contribution in [1.82, 2.24) is 0 Å². The molecule has 6 rings (SSSR count). The third-order valence-electron chi connectivity index (χ3n) is 7.99. The number of rotatable bonds is 9. The Hall–Kier alpha value is -2.61. The van der Waals surface area contributed by atoms with E-state index in [0.29, 0.717) is 17.2 Å². The lowest BCUT2D eigenvalue weighted by atomic mass is 9.83. The number of anilines is 1. The maximum atomic E-state index is 13.9. The van der Waals surface area contributed by atoms with Gasteiger partial charge in [0, 0.05) is 46.5 Å². The number of thioether (sulfide) groups is 1. The fourth-order valence-electron chi connectivity index (χ4n) is 5.89. The van der Waals surface area contributed by atoms with Crippen LogP contribution in [0.3, 0.4) is 0 Å². The zero-order valence-corrected chi connectivity index (χ0v) is 23.7. The topological polar surface area (TPSA) is 29.5 Å². The molecule has 1 amide bonds. The Morgan fingerprint density at radius 2 is 1.85 bits per heavy atom. The molecular formula is C31H34ClF2N2O2S+. The van der Waals surface area contributed by atoms with Gasteiger partial charge in [0.1, 0.15) is 6.54 Å². The number of hydrogen-bond donors (Lipinski definition) is 0. The molecule has 0 spiro atoms. The molecule has 39 heavy (non-hydrogen) atoms. The number of benzene rings is 3. The second-order valence-corrected chi connectivity index (χ2v) is 12.4. The number of piperidine rings is 3. The number of aryl methyl sites for hydroxylation is 1. The van der Waals surface area contributed by atoms with Crippen molar-refractivity contribution in [2.75, 3.05) is 36.8 Å². The second kappa shape index (κ2) is 12.3. The van der Waals surface area contributed by atoms with Crippen LogP contribution in [0.5, 0.6) is 0 Å². The molecule has 0 aliphatic carbocycles. The average Bonchev–Trinajstić information content (AvgIpc) is 2.92. The summed E-state index contributed by atoms with van der Waals surface area (Å²) in [5.41, 5.74) is 2.17. The number of quaternary nitrogens is 1. The van der Waals surface area contributed by atoms with E-state index in [2.05, 4.69) is 6.07 Å². The van der Waals surface area contributed by atoms with Gasteiger partial charge in [0.15, 0.2) is 17.7 Å². The molecule has 8 heteroatoms. The summed E-state index contributed by atoms with van der Waals surface area (Å²) in [4.78, 5) is 16.3. The molecule has 0 aromatic heterocycles. The van der Waals surface area contributed by atoms with Gasteiger partial charge in [-0.3, -0.25) is 4.90 Å². The van der Waals surface area contributed by atoms with E-state index >= 15 is 0 Å². The first-order chi connectivity index (χ1) is 18.8. The van der Waals surface area contributed by atoms with Crippen molar-refractivity contribution in [3.8, 4) is 0 Å². The molecule has 4 nitrogen and oxygen atoms in total. The van der Waals surface area contributed by atoms with Gasteiger partial charge in [-0.1, -0.05) is 35.9 Å². The molecule has 1 atom stereocenters. The monoisotopic (exact) mass is 571 g/mol. The minimum absolute atomic E-state index is 0.0948. The van der Waals surface area contributed by atoms with E-state index in [1.54, 1.807) is 0 Å². The molecule has 3 heterocycles. The zero-order chi connectivity index (χ0) is 27.4. The van der Waals surface area contributed by atoms with Crippen LogP contribution < -0.4 is 4.90 Å². The highest BCUT2D eigenvalue weighted by molar-refractivity contribution is 7.99. The van der Waals surface area contributed by atoms with Crippen LogP contribution in [-0.4, -0.2) is 48.6 Å². The number of nitrogens with zero attached hydrogens (tertiary/aromatic N) is 2. The number of ether oxygens (including phenoxy) is 1. The van der Waals surface area contributed by atoms with E-state index in [0.717, 1.165) is 78.4 Å². The molecule has 0 saturated carbocycles. The molecule has 2 bridgehead atoms. The number of halogens is 3. The number of carbonyl (C=O) groups excluding carboxylic acids is 1. The molecule has 3 aliphatic heterocycles. The van der Waals surface area contributed by atoms with Gasteiger partial charge in [-0.2, -0.15) is 0 Å². The van der Waals surface area contributed by atoms with Crippen LogP contribution in [0, 0.1) is 24.5 Å². The third kappa shape index (κ3) is 6.94. The Labute approximate surface area is 238 Å². The fourth-order valence-corrected chi connectivity index (χ4v) is 7.04. The van der Waals surface area contributed by atoms with Gasteiger partial charge in [0.2, 0.25) is 0 Å². The Balaban J connectivity index is 1.24. The minimum Gasteiger partial charge on any atom is -0.440 e. The van der Waals surface area contributed by atoms with Crippen molar-refractivity contribution < 1.29 is 22.8 Å². The van der Waals surface area contributed by atoms with Gasteiger partial charge in [0.05, 0.1) is 26.2 Å².